The summed E-state index contributed by atoms with van der Waals surface area (Å²) >= 11 is 2.87. The Morgan fingerprint density at radius 1 is 1.29 bits per heavy atom. The number of halogens is 3. The van der Waals surface area contributed by atoms with Gasteiger partial charge in [0.25, 0.3) is 10.0 Å². The van der Waals surface area contributed by atoms with Gasteiger partial charge in [-0.05, 0) is 28.1 Å². The Bertz CT molecular complexity index is 790. The summed E-state index contributed by atoms with van der Waals surface area (Å²) in [7, 11) is -2.34. The lowest BCUT2D eigenvalue weighted by Gasteiger charge is -2.08. The summed E-state index contributed by atoms with van der Waals surface area (Å²) in [6, 6.07) is 3.01. The Hall–Kier alpha value is -1.45. The second-order valence-electron chi connectivity index (χ2n) is 4.33. The molecule has 0 amide bonds. The number of rotatable bonds is 4. The molecule has 1 heterocycles. The SMILES string of the molecule is Cn1cc(S(=O)(=O)Nc2cc(Br)c(F)cc2F)cc1CN. The van der Waals surface area contributed by atoms with Gasteiger partial charge in [0.15, 0.2) is 0 Å². The number of benzene rings is 1. The number of hydrogen-bond acceptors (Lipinski definition) is 3. The van der Waals surface area contributed by atoms with Crippen molar-refractivity contribution in [1.82, 2.24) is 4.57 Å². The number of aromatic nitrogens is 1. The van der Waals surface area contributed by atoms with Gasteiger partial charge < -0.3 is 10.3 Å². The van der Waals surface area contributed by atoms with Crippen LogP contribution in [0.1, 0.15) is 5.69 Å². The van der Waals surface area contributed by atoms with Gasteiger partial charge in [-0.1, -0.05) is 0 Å². The number of sulfonamides is 1. The maximum absolute atomic E-state index is 13.6. The lowest BCUT2D eigenvalue weighted by atomic mass is 10.3. The van der Waals surface area contributed by atoms with Crippen LogP contribution >= 0.6 is 15.9 Å². The van der Waals surface area contributed by atoms with Gasteiger partial charge in [0.2, 0.25) is 0 Å². The molecule has 0 atom stereocenters. The predicted octanol–water partition coefficient (Wildman–Crippen LogP) is 2.33. The van der Waals surface area contributed by atoms with Crippen LogP contribution in [-0.2, 0) is 23.6 Å². The van der Waals surface area contributed by atoms with Crippen molar-refractivity contribution >= 4 is 31.6 Å². The van der Waals surface area contributed by atoms with Crippen LogP contribution in [0.25, 0.3) is 0 Å². The third-order valence-corrected chi connectivity index (χ3v) is 4.80. The molecule has 0 bridgehead atoms. The van der Waals surface area contributed by atoms with Crippen molar-refractivity contribution in [3.05, 3.63) is 46.2 Å². The van der Waals surface area contributed by atoms with Crippen LogP contribution in [-0.4, -0.2) is 13.0 Å². The van der Waals surface area contributed by atoms with Crippen molar-refractivity contribution in [3.8, 4) is 0 Å². The highest BCUT2D eigenvalue weighted by atomic mass is 79.9. The van der Waals surface area contributed by atoms with Gasteiger partial charge in [0, 0.05) is 31.5 Å². The summed E-state index contributed by atoms with van der Waals surface area (Å²) in [6.45, 7) is 0.169. The molecule has 0 unspecified atom stereocenters. The van der Waals surface area contributed by atoms with Gasteiger partial charge in [0.1, 0.15) is 16.5 Å². The zero-order valence-electron chi connectivity index (χ0n) is 10.9. The summed E-state index contributed by atoms with van der Waals surface area (Å²) < 4.78 is 54.7. The number of hydrogen-bond donors (Lipinski definition) is 2. The maximum Gasteiger partial charge on any atom is 0.263 e. The van der Waals surface area contributed by atoms with Crippen LogP contribution in [0.4, 0.5) is 14.5 Å². The second-order valence-corrected chi connectivity index (χ2v) is 6.87. The standard InChI is InChI=1S/C12H12BrF2N3O2S/c1-18-6-8(2-7(18)5-16)21(19,20)17-12-3-9(13)10(14)4-11(12)15/h2-4,6,17H,5,16H2,1H3. The molecule has 0 spiro atoms. The zero-order chi connectivity index (χ0) is 15.8. The molecule has 3 N–H and O–H groups in total. The fourth-order valence-corrected chi connectivity index (χ4v) is 3.23. The smallest absolute Gasteiger partial charge is 0.263 e. The highest BCUT2D eigenvalue weighted by molar-refractivity contribution is 9.10. The van der Waals surface area contributed by atoms with Crippen LogP contribution in [0.5, 0.6) is 0 Å². The Labute approximate surface area is 128 Å². The van der Waals surface area contributed by atoms with Crippen LogP contribution in [0.2, 0.25) is 0 Å². The number of nitrogens with one attached hydrogen (secondary N) is 1. The molecule has 0 saturated heterocycles. The van der Waals surface area contributed by atoms with Crippen molar-refractivity contribution in [1.29, 1.82) is 0 Å². The van der Waals surface area contributed by atoms with Gasteiger partial charge in [-0.15, -0.1) is 0 Å². The van der Waals surface area contributed by atoms with Gasteiger partial charge in [-0.3, -0.25) is 4.72 Å². The van der Waals surface area contributed by atoms with E-state index in [1.165, 1.54) is 12.3 Å². The first-order valence-electron chi connectivity index (χ1n) is 5.77. The molecule has 0 aliphatic heterocycles. The first-order chi connectivity index (χ1) is 9.74. The molecule has 0 radical (unpaired) electrons. The largest absolute Gasteiger partial charge is 0.352 e. The number of nitrogens with zero attached hydrogens (tertiary/aromatic N) is 1. The Balaban J connectivity index is 2.39. The summed E-state index contributed by atoms with van der Waals surface area (Å²) in [5.74, 6) is -1.82. The lowest BCUT2D eigenvalue weighted by Crippen LogP contribution is -2.13. The minimum atomic E-state index is -3.99. The minimum absolute atomic E-state index is 0.0442. The molecule has 0 aliphatic rings. The third-order valence-electron chi connectivity index (χ3n) is 2.86. The summed E-state index contributed by atoms with van der Waals surface area (Å²) in [5, 5.41) is 0. The molecule has 1 aromatic heterocycles. The van der Waals surface area contributed by atoms with E-state index >= 15 is 0 Å². The van der Waals surface area contributed by atoms with Gasteiger partial charge in [-0.2, -0.15) is 0 Å². The highest BCUT2D eigenvalue weighted by Gasteiger charge is 2.20. The van der Waals surface area contributed by atoms with E-state index < -0.39 is 21.7 Å². The molecule has 9 heteroatoms. The average Bonchev–Trinajstić information content (AvgIpc) is 2.78. The van der Waals surface area contributed by atoms with Crippen LogP contribution in [0.3, 0.4) is 0 Å². The summed E-state index contributed by atoms with van der Waals surface area (Å²) in [6.07, 6.45) is 1.36. The van der Waals surface area contributed by atoms with Crippen molar-refractivity contribution in [2.45, 2.75) is 11.4 Å². The molecule has 2 aromatic rings. The van der Waals surface area contributed by atoms with E-state index in [2.05, 4.69) is 20.7 Å². The van der Waals surface area contributed by atoms with E-state index in [1.807, 2.05) is 0 Å². The van der Waals surface area contributed by atoms with E-state index in [0.717, 1.165) is 6.07 Å². The maximum atomic E-state index is 13.6. The molecular weight excluding hydrogens is 368 g/mol. The zero-order valence-corrected chi connectivity index (χ0v) is 13.3. The number of anilines is 1. The van der Waals surface area contributed by atoms with Crippen LogP contribution < -0.4 is 10.5 Å². The number of nitrogens with two attached hydrogens (primary N) is 1. The van der Waals surface area contributed by atoms with Crippen molar-refractivity contribution in [2.75, 3.05) is 4.72 Å². The molecule has 0 fully saturated rings. The lowest BCUT2D eigenvalue weighted by molar-refractivity contribution is 0.579. The molecular formula is C12H12BrF2N3O2S. The van der Waals surface area contributed by atoms with Gasteiger partial charge in [-0.25, -0.2) is 17.2 Å². The quantitative estimate of drug-likeness (QED) is 0.800. The predicted molar refractivity (Wildman–Crippen MR) is 78.2 cm³/mol. The molecule has 1 aromatic carbocycles. The van der Waals surface area contributed by atoms with E-state index in [0.29, 0.717) is 11.8 Å². The normalized spacial score (nSPS) is 11.7. The second kappa shape index (κ2) is 5.74. The van der Waals surface area contributed by atoms with Crippen molar-refractivity contribution < 1.29 is 17.2 Å². The van der Waals surface area contributed by atoms with Crippen molar-refractivity contribution in [2.24, 2.45) is 12.8 Å². The minimum Gasteiger partial charge on any atom is -0.352 e. The first-order valence-corrected chi connectivity index (χ1v) is 8.05. The average molecular weight is 380 g/mol. The molecule has 0 aliphatic carbocycles. The van der Waals surface area contributed by atoms with E-state index in [4.69, 9.17) is 5.73 Å². The van der Waals surface area contributed by atoms with E-state index in [-0.39, 0.29) is 21.6 Å². The molecule has 0 saturated carbocycles. The van der Waals surface area contributed by atoms with E-state index in [1.54, 1.807) is 11.6 Å². The fraction of sp³-hybridized carbons (Fsp3) is 0.167. The van der Waals surface area contributed by atoms with Gasteiger partial charge in [0.05, 0.1) is 10.2 Å². The van der Waals surface area contributed by atoms with Crippen LogP contribution in [0.15, 0.2) is 33.8 Å². The monoisotopic (exact) mass is 379 g/mol. The third kappa shape index (κ3) is 3.25. The van der Waals surface area contributed by atoms with Gasteiger partial charge >= 0.3 is 0 Å². The summed E-state index contributed by atoms with van der Waals surface area (Å²) in [4.78, 5) is -0.0507. The van der Waals surface area contributed by atoms with Crippen LogP contribution in [0, 0.1) is 11.6 Å². The Kier molecular flexibility index (Phi) is 4.35. The first kappa shape index (κ1) is 15.9. The van der Waals surface area contributed by atoms with E-state index in [9.17, 15) is 17.2 Å². The molecule has 21 heavy (non-hydrogen) atoms. The molecule has 5 nitrogen and oxygen atoms in total. The summed E-state index contributed by atoms with van der Waals surface area (Å²) in [5.41, 5.74) is 5.74. The Morgan fingerprint density at radius 2 is 1.95 bits per heavy atom. The fourth-order valence-electron chi connectivity index (χ4n) is 1.73. The Morgan fingerprint density at radius 3 is 2.52 bits per heavy atom. The number of aryl methyl sites for hydroxylation is 1. The highest BCUT2D eigenvalue weighted by Crippen LogP contribution is 2.26. The molecule has 114 valence electrons. The molecule has 2 rings (SSSR count). The topological polar surface area (TPSA) is 77.1 Å². The van der Waals surface area contributed by atoms with Crippen molar-refractivity contribution in [3.63, 3.8) is 0 Å².